The van der Waals surface area contributed by atoms with Crippen LogP contribution in [0, 0.1) is 11.5 Å². The number of anilines is 2. The Morgan fingerprint density at radius 2 is 2.06 bits per heavy atom. The van der Waals surface area contributed by atoms with E-state index in [0.29, 0.717) is 37.1 Å². The molecular formula is C22H23ClN6O2. The largest absolute Gasteiger partial charge is 0.378 e. The van der Waals surface area contributed by atoms with Gasteiger partial charge in [-0.15, -0.1) is 0 Å². The normalized spacial score (nSPS) is 16.5. The highest BCUT2D eigenvalue weighted by Crippen LogP contribution is 2.28. The molecule has 0 atom stereocenters. The number of pyridine rings is 2. The zero-order valence-corrected chi connectivity index (χ0v) is 17.8. The van der Waals surface area contributed by atoms with E-state index in [1.807, 2.05) is 18.2 Å². The summed E-state index contributed by atoms with van der Waals surface area (Å²) < 4.78 is 5.38. The number of carbonyl (C=O) groups excluding carboxylic acids is 1. The second kappa shape index (κ2) is 9.77. The SMILES string of the molecule is N#CN1CC=C(c2ccc(CC(=O)Nc3cc(N4CCOCC4)c(Cl)cn3)cn2)CC1. The summed E-state index contributed by atoms with van der Waals surface area (Å²) in [6, 6.07) is 5.63. The van der Waals surface area contributed by atoms with Gasteiger partial charge in [-0.1, -0.05) is 23.7 Å². The van der Waals surface area contributed by atoms with Gasteiger partial charge in [0.1, 0.15) is 5.82 Å². The topological polar surface area (TPSA) is 94.4 Å². The number of amides is 1. The number of nitriles is 1. The van der Waals surface area contributed by atoms with Crippen LogP contribution in [-0.2, 0) is 16.0 Å². The monoisotopic (exact) mass is 438 g/mol. The van der Waals surface area contributed by atoms with Gasteiger partial charge in [0.15, 0.2) is 6.19 Å². The van der Waals surface area contributed by atoms with Crippen LogP contribution in [0.5, 0.6) is 0 Å². The van der Waals surface area contributed by atoms with Crippen molar-refractivity contribution in [2.45, 2.75) is 12.8 Å². The Hall–Kier alpha value is -3.15. The highest BCUT2D eigenvalue weighted by atomic mass is 35.5. The lowest BCUT2D eigenvalue weighted by Gasteiger charge is -2.29. The summed E-state index contributed by atoms with van der Waals surface area (Å²) in [4.78, 5) is 25.1. The zero-order chi connectivity index (χ0) is 21.6. The molecule has 1 saturated heterocycles. The number of halogens is 1. The Morgan fingerprint density at radius 1 is 1.23 bits per heavy atom. The summed E-state index contributed by atoms with van der Waals surface area (Å²) in [5.41, 5.74) is 3.68. The Kier molecular flexibility index (Phi) is 6.65. The van der Waals surface area contributed by atoms with Crippen LogP contribution >= 0.6 is 11.6 Å². The van der Waals surface area contributed by atoms with Gasteiger partial charge in [0.2, 0.25) is 5.91 Å². The summed E-state index contributed by atoms with van der Waals surface area (Å²) >= 11 is 6.30. The van der Waals surface area contributed by atoms with Crippen molar-refractivity contribution in [1.29, 1.82) is 5.26 Å². The Bertz CT molecular complexity index is 1010. The van der Waals surface area contributed by atoms with Crippen molar-refractivity contribution in [1.82, 2.24) is 14.9 Å². The van der Waals surface area contributed by atoms with Crippen molar-refractivity contribution < 1.29 is 9.53 Å². The average molecular weight is 439 g/mol. The van der Waals surface area contributed by atoms with Crippen molar-refractivity contribution in [3.05, 3.63) is 52.9 Å². The lowest BCUT2D eigenvalue weighted by atomic mass is 10.0. The second-order valence-electron chi connectivity index (χ2n) is 7.42. The van der Waals surface area contributed by atoms with Gasteiger partial charge in [-0.2, -0.15) is 5.26 Å². The second-order valence-corrected chi connectivity index (χ2v) is 7.83. The molecule has 160 valence electrons. The van der Waals surface area contributed by atoms with Crippen LogP contribution in [0.2, 0.25) is 5.02 Å². The third-order valence-corrected chi connectivity index (χ3v) is 5.61. The van der Waals surface area contributed by atoms with Gasteiger partial charge in [-0.25, -0.2) is 4.98 Å². The quantitative estimate of drug-likeness (QED) is 0.717. The molecule has 2 aliphatic rings. The van der Waals surface area contributed by atoms with E-state index in [-0.39, 0.29) is 12.3 Å². The van der Waals surface area contributed by atoms with E-state index in [9.17, 15) is 4.79 Å². The molecule has 0 aliphatic carbocycles. The summed E-state index contributed by atoms with van der Waals surface area (Å²) in [6.45, 7) is 4.11. The highest BCUT2D eigenvalue weighted by Gasteiger charge is 2.16. The molecule has 31 heavy (non-hydrogen) atoms. The van der Waals surface area contributed by atoms with Crippen LogP contribution in [0.3, 0.4) is 0 Å². The smallest absolute Gasteiger partial charge is 0.230 e. The molecule has 8 nitrogen and oxygen atoms in total. The summed E-state index contributed by atoms with van der Waals surface area (Å²) in [5.74, 6) is 0.300. The van der Waals surface area contributed by atoms with Crippen LogP contribution < -0.4 is 10.2 Å². The molecule has 4 heterocycles. The van der Waals surface area contributed by atoms with E-state index < -0.39 is 0 Å². The maximum Gasteiger partial charge on any atom is 0.230 e. The number of ether oxygens (including phenoxy) is 1. The van der Waals surface area contributed by atoms with Gasteiger partial charge in [0.05, 0.1) is 42.2 Å². The van der Waals surface area contributed by atoms with E-state index >= 15 is 0 Å². The van der Waals surface area contributed by atoms with Gasteiger partial charge >= 0.3 is 0 Å². The minimum absolute atomic E-state index is 0.168. The first kappa shape index (κ1) is 21.1. The number of nitrogens with one attached hydrogen (secondary N) is 1. The van der Waals surface area contributed by atoms with Gasteiger partial charge in [-0.3, -0.25) is 9.78 Å². The third-order valence-electron chi connectivity index (χ3n) is 5.32. The number of carbonyl (C=O) groups is 1. The molecule has 0 radical (unpaired) electrons. The standard InChI is InChI=1S/C22H23ClN6O2/c23-18-14-26-21(12-20(18)29-7-9-31-10-8-29)27-22(30)11-16-1-2-19(25-13-16)17-3-5-28(15-24)6-4-17/h1-3,12-14H,4-11H2,(H,26,27,30). The number of aromatic nitrogens is 2. The van der Waals surface area contributed by atoms with E-state index in [1.165, 1.54) is 0 Å². The third kappa shape index (κ3) is 5.32. The van der Waals surface area contributed by atoms with E-state index in [4.69, 9.17) is 21.6 Å². The van der Waals surface area contributed by atoms with E-state index in [2.05, 4.69) is 26.4 Å². The van der Waals surface area contributed by atoms with Crippen LogP contribution in [0.1, 0.15) is 17.7 Å². The molecule has 0 unspecified atom stereocenters. The first-order chi connectivity index (χ1) is 15.1. The van der Waals surface area contributed by atoms with Crippen molar-refractivity contribution in [3.63, 3.8) is 0 Å². The van der Waals surface area contributed by atoms with E-state index in [1.54, 1.807) is 23.4 Å². The number of hydrogen-bond donors (Lipinski definition) is 1. The fourth-order valence-corrected chi connectivity index (χ4v) is 3.85. The summed E-state index contributed by atoms with van der Waals surface area (Å²) in [5, 5.41) is 12.3. The van der Waals surface area contributed by atoms with Crippen LogP contribution in [0.4, 0.5) is 11.5 Å². The fourth-order valence-electron chi connectivity index (χ4n) is 3.63. The molecule has 0 aromatic carbocycles. The predicted molar refractivity (Wildman–Crippen MR) is 119 cm³/mol. The molecular weight excluding hydrogens is 416 g/mol. The highest BCUT2D eigenvalue weighted by molar-refractivity contribution is 6.33. The molecule has 2 aromatic rings. The Morgan fingerprint density at radius 3 is 2.74 bits per heavy atom. The minimum atomic E-state index is -0.168. The molecule has 9 heteroatoms. The minimum Gasteiger partial charge on any atom is -0.378 e. The maximum atomic E-state index is 12.5. The first-order valence-electron chi connectivity index (χ1n) is 10.2. The van der Waals surface area contributed by atoms with E-state index in [0.717, 1.165) is 42.0 Å². The molecule has 2 aliphatic heterocycles. The average Bonchev–Trinajstić information content (AvgIpc) is 2.81. The van der Waals surface area contributed by atoms with Crippen molar-refractivity contribution in [2.24, 2.45) is 0 Å². The van der Waals surface area contributed by atoms with Crippen molar-refractivity contribution >= 4 is 34.6 Å². The number of nitrogens with zero attached hydrogens (tertiary/aromatic N) is 5. The first-order valence-corrected chi connectivity index (χ1v) is 10.6. The Labute approximate surface area is 186 Å². The predicted octanol–water partition coefficient (Wildman–Crippen LogP) is 2.72. The molecule has 0 spiro atoms. The number of hydrogen-bond acceptors (Lipinski definition) is 7. The van der Waals surface area contributed by atoms with Crippen LogP contribution in [0.25, 0.3) is 5.57 Å². The lowest BCUT2D eigenvalue weighted by Crippen LogP contribution is -2.36. The Balaban J connectivity index is 1.37. The van der Waals surface area contributed by atoms with Crippen LogP contribution in [-0.4, -0.2) is 60.2 Å². The molecule has 1 fully saturated rings. The fraction of sp³-hybridized carbons (Fsp3) is 0.364. The van der Waals surface area contributed by atoms with Gasteiger partial charge in [-0.05, 0) is 23.6 Å². The zero-order valence-electron chi connectivity index (χ0n) is 17.1. The van der Waals surface area contributed by atoms with Gasteiger partial charge in [0.25, 0.3) is 0 Å². The van der Waals surface area contributed by atoms with Crippen molar-refractivity contribution in [3.8, 4) is 6.19 Å². The van der Waals surface area contributed by atoms with Gasteiger partial charge in [0, 0.05) is 38.4 Å². The molecule has 0 bridgehead atoms. The van der Waals surface area contributed by atoms with Crippen LogP contribution in [0.15, 0.2) is 36.7 Å². The molecule has 4 rings (SSSR count). The summed E-state index contributed by atoms with van der Waals surface area (Å²) in [7, 11) is 0. The number of rotatable bonds is 5. The maximum absolute atomic E-state index is 12.5. The lowest BCUT2D eigenvalue weighted by molar-refractivity contribution is -0.115. The molecule has 1 N–H and O–H groups in total. The molecule has 2 aromatic heterocycles. The molecule has 0 saturated carbocycles. The van der Waals surface area contributed by atoms with Crippen molar-refractivity contribution in [2.75, 3.05) is 49.6 Å². The molecule has 1 amide bonds. The van der Waals surface area contributed by atoms with Gasteiger partial charge < -0.3 is 19.9 Å². The summed E-state index contributed by atoms with van der Waals surface area (Å²) in [6.07, 6.45) is 8.45. The number of morpholine rings is 1.